The van der Waals surface area contributed by atoms with E-state index in [1.54, 1.807) is 6.07 Å². The molecule has 0 saturated carbocycles. The van der Waals surface area contributed by atoms with Crippen LogP contribution in [0.25, 0.3) is 0 Å². The van der Waals surface area contributed by atoms with Crippen LogP contribution in [0, 0.1) is 0 Å². The van der Waals surface area contributed by atoms with Crippen LogP contribution in [0.1, 0.15) is 70.3 Å². The van der Waals surface area contributed by atoms with Crippen LogP contribution in [0.2, 0.25) is 0 Å². The summed E-state index contributed by atoms with van der Waals surface area (Å²) in [4.78, 5) is 0. The summed E-state index contributed by atoms with van der Waals surface area (Å²) in [6.45, 7) is 2.51. The van der Waals surface area contributed by atoms with Gasteiger partial charge in [-0.3, -0.25) is 0 Å². The van der Waals surface area contributed by atoms with E-state index in [0.29, 0.717) is 6.42 Å². The molecule has 1 aromatic rings. The molecule has 0 radical (unpaired) electrons. The molecule has 7 heteroatoms. The van der Waals surface area contributed by atoms with Crippen molar-refractivity contribution in [3.05, 3.63) is 35.9 Å². The highest BCUT2D eigenvalue weighted by molar-refractivity contribution is 5.26. The van der Waals surface area contributed by atoms with Crippen molar-refractivity contribution >= 4 is 0 Å². The van der Waals surface area contributed by atoms with Crippen molar-refractivity contribution in [3.63, 3.8) is 0 Å². The zero-order chi connectivity index (χ0) is 20.6. The Morgan fingerprint density at radius 3 is 1.78 bits per heavy atom. The van der Waals surface area contributed by atoms with E-state index < -0.39 is 30.5 Å². The van der Waals surface area contributed by atoms with Gasteiger partial charge in [-0.1, -0.05) is 75.8 Å². The summed E-state index contributed by atoms with van der Waals surface area (Å²) in [6.07, 6.45) is -6.76. The minimum Gasteiger partial charge on any atom is -0.358 e. The molecule has 0 N–H and O–H groups in total. The Labute approximate surface area is 157 Å². The fourth-order valence-electron chi connectivity index (χ4n) is 3.47. The number of unbranched alkanes of at least 4 members (excludes halogenated alkanes) is 5. The Bertz CT molecular complexity index is 510. The van der Waals surface area contributed by atoms with Crippen molar-refractivity contribution in [3.8, 4) is 0 Å². The van der Waals surface area contributed by atoms with Gasteiger partial charge in [0.05, 0.1) is 0 Å². The number of rotatable bonds is 11. The molecule has 0 fully saturated rings. The van der Waals surface area contributed by atoms with Crippen LogP contribution >= 0.6 is 0 Å². The molecular formula is C20H28F6O. The largest absolute Gasteiger partial charge is 0.427 e. The second-order valence-electron chi connectivity index (χ2n) is 6.68. The molecule has 0 aliphatic carbocycles. The zero-order valence-corrected chi connectivity index (χ0v) is 15.8. The van der Waals surface area contributed by atoms with Gasteiger partial charge in [0.25, 0.3) is 5.60 Å². The number of alkyl halides is 6. The van der Waals surface area contributed by atoms with E-state index in [-0.39, 0.29) is 18.4 Å². The molecule has 0 amide bonds. The van der Waals surface area contributed by atoms with Crippen molar-refractivity contribution in [1.82, 2.24) is 0 Å². The average molecular weight is 398 g/mol. The molecule has 0 spiro atoms. The first-order chi connectivity index (χ1) is 12.6. The SMILES string of the molecule is CCCCCCCCC(c1ccccc1)C(OCC)(C(F)(F)F)C(F)(F)F. The van der Waals surface area contributed by atoms with E-state index >= 15 is 0 Å². The molecule has 156 valence electrons. The van der Waals surface area contributed by atoms with Crippen molar-refractivity contribution in [1.29, 1.82) is 0 Å². The van der Waals surface area contributed by atoms with Crippen LogP contribution < -0.4 is 0 Å². The van der Waals surface area contributed by atoms with Gasteiger partial charge >= 0.3 is 12.4 Å². The van der Waals surface area contributed by atoms with Gasteiger partial charge in [0.1, 0.15) is 0 Å². The molecule has 0 saturated heterocycles. The number of halogens is 6. The molecule has 1 rings (SSSR count). The van der Waals surface area contributed by atoms with Gasteiger partial charge in [-0.2, -0.15) is 26.3 Å². The normalized spacial score (nSPS) is 14.4. The minimum absolute atomic E-state index is 0.00541. The first-order valence-corrected chi connectivity index (χ1v) is 9.44. The Morgan fingerprint density at radius 2 is 1.30 bits per heavy atom. The van der Waals surface area contributed by atoms with Crippen LogP contribution in [0.4, 0.5) is 26.3 Å². The second kappa shape index (κ2) is 10.3. The Balaban J connectivity index is 3.23. The lowest BCUT2D eigenvalue weighted by atomic mass is 9.77. The molecule has 0 aliphatic rings. The highest BCUT2D eigenvalue weighted by Gasteiger charge is 2.75. The Kier molecular flexibility index (Phi) is 9.12. The lowest BCUT2D eigenvalue weighted by molar-refractivity contribution is -0.388. The van der Waals surface area contributed by atoms with Crippen molar-refractivity contribution < 1.29 is 31.1 Å². The summed E-state index contributed by atoms with van der Waals surface area (Å²) in [6, 6.07) is 7.09. The third-order valence-corrected chi connectivity index (χ3v) is 4.75. The van der Waals surface area contributed by atoms with Crippen LogP contribution in [0.15, 0.2) is 30.3 Å². The first-order valence-electron chi connectivity index (χ1n) is 9.44. The second-order valence-corrected chi connectivity index (χ2v) is 6.68. The monoisotopic (exact) mass is 398 g/mol. The lowest BCUT2D eigenvalue weighted by Gasteiger charge is -2.43. The fourth-order valence-corrected chi connectivity index (χ4v) is 3.47. The maximum atomic E-state index is 13.8. The van der Waals surface area contributed by atoms with Crippen molar-refractivity contribution in [2.45, 2.75) is 82.7 Å². The number of ether oxygens (including phenoxy) is 1. The first kappa shape index (κ1) is 23.8. The van der Waals surface area contributed by atoms with Gasteiger partial charge in [0.2, 0.25) is 0 Å². The third kappa shape index (κ3) is 5.87. The van der Waals surface area contributed by atoms with E-state index in [4.69, 9.17) is 0 Å². The van der Waals surface area contributed by atoms with E-state index in [9.17, 15) is 26.3 Å². The maximum absolute atomic E-state index is 13.8. The van der Waals surface area contributed by atoms with Crippen LogP contribution in [-0.2, 0) is 4.74 Å². The fraction of sp³-hybridized carbons (Fsp3) is 0.700. The molecule has 0 heterocycles. The van der Waals surface area contributed by atoms with Crippen molar-refractivity contribution in [2.24, 2.45) is 0 Å². The summed E-state index contributed by atoms with van der Waals surface area (Å²) in [5, 5.41) is 0. The van der Waals surface area contributed by atoms with E-state index in [1.807, 2.05) is 6.92 Å². The summed E-state index contributed by atoms with van der Waals surface area (Å²) >= 11 is 0. The molecule has 1 nitrogen and oxygen atoms in total. The summed E-state index contributed by atoms with van der Waals surface area (Å²) in [5.74, 6) is -1.84. The van der Waals surface area contributed by atoms with Crippen LogP contribution in [0.3, 0.4) is 0 Å². The summed E-state index contributed by atoms with van der Waals surface area (Å²) in [7, 11) is 0. The molecule has 0 aliphatic heterocycles. The highest BCUT2D eigenvalue weighted by atomic mass is 19.4. The standard InChI is InChI=1S/C20H28F6O/c1-3-5-6-7-8-12-15-17(16-13-10-9-11-14-16)18(27-4-2,19(21,22)23)20(24,25)26/h9-11,13-14,17H,3-8,12,15H2,1-2H3. The third-order valence-electron chi connectivity index (χ3n) is 4.75. The zero-order valence-electron chi connectivity index (χ0n) is 15.8. The summed E-state index contributed by atoms with van der Waals surface area (Å²) in [5.41, 5.74) is -4.21. The smallest absolute Gasteiger partial charge is 0.358 e. The minimum atomic E-state index is -5.58. The van der Waals surface area contributed by atoms with E-state index in [1.165, 1.54) is 24.3 Å². The van der Waals surface area contributed by atoms with Gasteiger partial charge in [0, 0.05) is 12.5 Å². The van der Waals surface area contributed by atoms with Gasteiger partial charge in [0.15, 0.2) is 0 Å². The topological polar surface area (TPSA) is 9.23 Å². The maximum Gasteiger partial charge on any atom is 0.427 e. The van der Waals surface area contributed by atoms with Gasteiger partial charge < -0.3 is 4.74 Å². The molecule has 1 atom stereocenters. The molecule has 1 unspecified atom stereocenters. The highest BCUT2D eigenvalue weighted by Crippen LogP contribution is 2.55. The Hall–Kier alpha value is -1.24. The number of hydrogen-bond donors (Lipinski definition) is 0. The van der Waals surface area contributed by atoms with Crippen LogP contribution in [0.5, 0.6) is 0 Å². The Morgan fingerprint density at radius 1 is 0.778 bits per heavy atom. The number of benzene rings is 1. The van der Waals surface area contributed by atoms with E-state index in [2.05, 4.69) is 4.74 Å². The summed E-state index contributed by atoms with van der Waals surface area (Å²) < 4.78 is 87.5. The predicted octanol–water partition coefficient (Wildman–Crippen LogP) is 7.42. The quantitative estimate of drug-likeness (QED) is 0.278. The van der Waals surface area contributed by atoms with Gasteiger partial charge in [-0.25, -0.2) is 0 Å². The predicted molar refractivity (Wildman–Crippen MR) is 93.6 cm³/mol. The average Bonchev–Trinajstić information content (AvgIpc) is 2.58. The van der Waals surface area contributed by atoms with Crippen molar-refractivity contribution in [2.75, 3.05) is 6.61 Å². The molecule has 27 heavy (non-hydrogen) atoms. The molecule has 0 aromatic heterocycles. The van der Waals surface area contributed by atoms with Gasteiger partial charge in [-0.15, -0.1) is 0 Å². The van der Waals surface area contributed by atoms with E-state index in [0.717, 1.165) is 32.6 Å². The number of hydrogen-bond acceptors (Lipinski definition) is 1. The van der Waals surface area contributed by atoms with Crippen LogP contribution in [-0.4, -0.2) is 24.6 Å². The van der Waals surface area contributed by atoms with Gasteiger partial charge in [-0.05, 0) is 18.9 Å². The molecule has 0 bridgehead atoms. The lowest BCUT2D eigenvalue weighted by Crippen LogP contribution is -2.62. The molecular weight excluding hydrogens is 370 g/mol. The molecule has 1 aromatic carbocycles.